The standard InChI is InChI=1S/C23H22F2N2O3S/c1-23(2,3)16-6-4-15(5-7-16)22(28)26-18-9-11-19(12-10-18)31(29,30)27-21-13-8-17(24)14-20(21)25/h4-14,27H,1-3H3,(H,26,28). The van der Waals surface area contributed by atoms with Gasteiger partial charge in [-0.2, -0.15) is 0 Å². The van der Waals surface area contributed by atoms with Crippen molar-refractivity contribution in [3.05, 3.63) is 89.5 Å². The Morgan fingerprint density at radius 1 is 0.871 bits per heavy atom. The molecule has 0 aliphatic heterocycles. The number of hydrogen-bond acceptors (Lipinski definition) is 3. The van der Waals surface area contributed by atoms with E-state index in [1.807, 2.05) is 12.1 Å². The maximum Gasteiger partial charge on any atom is 0.261 e. The molecule has 0 fully saturated rings. The van der Waals surface area contributed by atoms with Crippen LogP contribution in [-0.4, -0.2) is 14.3 Å². The van der Waals surface area contributed by atoms with E-state index in [9.17, 15) is 22.0 Å². The molecule has 0 aromatic heterocycles. The topological polar surface area (TPSA) is 75.3 Å². The quantitative estimate of drug-likeness (QED) is 0.560. The molecule has 5 nitrogen and oxygen atoms in total. The summed E-state index contributed by atoms with van der Waals surface area (Å²) in [5.74, 6) is -2.17. The highest BCUT2D eigenvalue weighted by atomic mass is 32.2. The molecule has 3 rings (SSSR count). The van der Waals surface area contributed by atoms with Crippen molar-refractivity contribution in [3.63, 3.8) is 0 Å². The van der Waals surface area contributed by atoms with Crippen LogP contribution in [0, 0.1) is 11.6 Å². The van der Waals surface area contributed by atoms with E-state index in [1.54, 1.807) is 12.1 Å². The number of halogens is 2. The van der Waals surface area contributed by atoms with Crippen molar-refractivity contribution in [3.8, 4) is 0 Å². The number of rotatable bonds is 5. The van der Waals surface area contributed by atoms with Crippen molar-refractivity contribution in [2.75, 3.05) is 10.0 Å². The molecule has 3 aromatic carbocycles. The van der Waals surface area contributed by atoms with Crippen LogP contribution in [0.2, 0.25) is 0 Å². The zero-order chi connectivity index (χ0) is 22.8. The van der Waals surface area contributed by atoms with Crippen LogP contribution in [0.15, 0.2) is 71.6 Å². The minimum atomic E-state index is -4.09. The first kappa shape index (κ1) is 22.4. The highest BCUT2D eigenvalue weighted by Crippen LogP contribution is 2.23. The van der Waals surface area contributed by atoms with Gasteiger partial charge in [-0.25, -0.2) is 17.2 Å². The van der Waals surface area contributed by atoms with Gasteiger partial charge < -0.3 is 5.32 Å². The van der Waals surface area contributed by atoms with Gasteiger partial charge in [-0.05, 0) is 59.5 Å². The van der Waals surface area contributed by atoms with E-state index < -0.39 is 21.7 Å². The Balaban J connectivity index is 1.71. The van der Waals surface area contributed by atoms with Gasteiger partial charge in [0.2, 0.25) is 0 Å². The second-order valence-electron chi connectivity index (χ2n) is 8.04. The van der Waals surface area contributed by atoms with Gasteiger partial charge in [-0.3, -0.25) is 9.52 Å². The van der Waals surface area contributed by atoms with Gasteiger partial charge in [-0.15, -0.1) is 0 Å². The number of carbonyl (C=O) groups is 1. The summed E-state index contributed by atoms with van der Waals surface area (Å²) in [6.45, 7) is 6.24. The fraction of sp³-hybridized carbons (Fsp3) is 0.174. The third kappa shape index (κ3) is 5.46. The lowest BCUT2D eigenvalue weighted by Crippen LogP contribution is -2.15. The van der Waals surface area contributed by atoms with E-state index in [2.05, 4.69) is 30.8 Å². The van der Waals surface area contributed by atoms with E-state index in [0.717, 1.165) is 17.7 Å². The first-order chi connectivity index (χ1) is 14.5. The average molecular weight is 445 g/mol. The van der Waals surface area contributed by atoms with E-state index in [1.165, 1.54) is 24.3 Å². The number of sulfonamides is 1. The summed E-state index contributed by atoms with van der Waals surface area (Å²) in [6.07, 6.45) is 0. The van der Waals surface area contributed by atoms with E-state index in [-0.39, 0.29) is 21.9 Å². The van der Waals surface area contributed by atoms with Crippen molar-refractivity contribution >= 4 is 27.3 Å². The molecule has 162 valence electrons. The molecular weight excluding hydrogens is 422 g/mol. The third-order valence-corrected chi connectivity index (χ3v) is 5.99. The Kier molecular flexibility index (Phi) is 6.13. The SMILES string of the molecule is CC(C)(C)c1ccc(C(=O)Nc2ccc(S(=O)(=O)Nc3ccc(F)cc3F)cc2)cc1. The van der Waals surface area contributed by atoms with Crippen molar-refractivity contribution in [1.82, 2.24) is 0 Å². The first-order valence-corrected chi connectivity index (χ1v) is 10.9. The second-order valence-corrected chi connectivity index (χ2v) is 9.72. The van der Waals surface area contributed by atoms with Crippen LogP contribution >= 0.6 is 0 Å². The average Bonchev–Trinajstić information content (AvgIpc) is 2.70. The Morgan fingerprint density at radius 3 is 2.03 bits per heavy atom. The molecule has 0 aliphatic carbocycles. The van der Waals surface area contributed by atoms with Gasteiger partial charge in [0.05, 0.1) is 10.6 Å². The van der Waals surface area contributed by atoms with Crippen molar-refractivity contribution < 1.29 is 22.0 Å². The monoisotopic (exact) mass is 444 g/mol. The molecule has 0 aliphatic rings. The molecule has 0 bridgehead atoms. The van der Waals surface area contributed by atoms with Gasteiger partial charge in [0.15, 0.2) is 0 Å². The smallest absolute Gasteiger partial charge is 0.261 e. The molecule has 0 atom stereocenters. The molecule has 2 N–H and O–H groups in total. The molecule has 0 saturated carbocycles. The maximum atomic E-state index is 13.7. The van der Waals surface area contributed by atoms with Crippen LogP contribution in [0.25, 0.3) is 0 Å². The molecule has 8 heteroatoms. The first-order valence-electron chi connectivity index (χ1n) is 9.45. The number of benzene rings is 3. The Labute approximate surface area is 180 Å². The normalized spacial score (nSPS) is 11.8. The number of hydrogen-bond donors (Lipinski definition) is 2. The Morgan fingerprint density at radius 2 is 1.48 bits per heavy atom. The summed E-state index contributed by atoms with van der Waals surface area (Å²) >= 11 is 0. The maximum absolute atomic E-state index is 13.7. The number of anilines is 2. The van der Waals surface area contributed by atoms with E-state index >= 15 is 0 Å². The fourth-order valence-corrected chi connectivity index (χ4v) is 3.89. The second kappa shape index (κ2) is 8.47. The summed E-state index contributed by atoms with van der Waals surface area (Å²) in [5.41, 5.74) is 1.58. The molecule has 31 heavy (non-hydrogen) atoms. The molecule has 0 heterocycles. The van der Waals surface area contributed by atoms with Crippen molar-refractivity contribution in [1.29, 1.82) is 0 Å². The van der Waals surface area contributed by atoms with Crippen molar-refractivity contribution in [2.24, 2.45) is 0 Å². The summed E-state index contributed by atoms with van der Waals surface area (Å²) in [5, 5.41) is 2.70. The van der Waals surface area contributed by atoms with E-state index in [4.69, 9.17) is 0 Å². The van der Waals surface area contributed by atoms with Gasteiger partial charge in [-0.1, -0.05) is 32.9 Å². The van der Waals surface area contributed by atoms with E-state index in [0.29, 0.717) is 17.3 Å². The molecule has 3 aromatic rings. The Bertz CT molecular complexity index is 1200. The van der Waals surface area contributed by atoms with Crippen LogP contribution in [0.3, 0.4) is 0 Å². The fourth-order valence-electron chi connectivity index (χ4n) is 2.82. The lowest BCUT2D eigenvalue weighted by Gasteiger charge is -2.19. The molecule has 0 unspecified atom stereocenters. The molecule has 0 radical (unpaired) electrons. The van der Waals surface area contributed by atoms with Crippen LogP contribution < -0.4 is 10.0 Å². The highest BCUT2D eigenvalue weighted by molar-refractivity contribution is 7.92. The number of carbonyl (C=O) groups excluding carboxylic acids is 1. The van der Waals surface area contributed by atoms with Gasteiger partial charge in [0, 0.05) is 17.3 Å². The third-order valence-electron chi connectivity index (χ3n) is 4.61. The largest absolute Gasteiger partial charge is 0.322 e. The van der Waals surface area contributed by atoms with Gasteiger partial charge >= 0.3 is 0 Å². The zero-order valence-corrected chi connectivity index (χ0v) is 18.1. The highest BCUT2D eigenvalue weighted by Gasteiger charge is 2.18. The summed E-state index contributed by atoms with van der Waals surface area (Å²) in [6, 6.07) is 15.2. The van der Waals surface area contributed by atoms with Gasteiger partial charge in [0.1, 0.15) is 11.6 Å². The summed E-state index contributed by atoms with van der Waals surface area (Å²) in [4.78, 5) is 12.3. The van der Waals surface area contributed by atoms with Crippen LogP contribution in [0.4, 0.5) is 20.2 Å². The summed E-state index contributed by atoms with van der Waals surface area (Å²) < 4.78 is 53.7. The van der Waals surface area contributed by atoms with Crippen LogP contribution in [-0.2, 0) is 15.4 Å². The van der Waals surface area contributed by atoms with Crippen LogP contribution in [0.1, 0.15) is 36.7 Å². The molecule has 0 spiro atoms. The van der Waals surface area contributed by atoms with Gasteiger partial charge in [0.25, 0.3) is 15.9 Å². The van der Waals surface area contributed by atoms with Crippen molar-refractivity contribution in [2.45, 2.75) is 31.1 Å². The Hall–Kier alpha value is -3.26. The number of amides is 1. The predicted molar refractivity (Wildman–Crippen MR) is 117 cm³/mol. The summed E-state index contributed by atoms with van der Waals surface area (Å²) in [7, 11) is -4.09. The minimum absolute atomic E-state index is 0.0266. The zero-order valence-electron chi connectivity index (χ0n) is 17.2. The minimum Gasteiger partial charge on any atom is -0.322 e. The molecule has 0 saturated heterocycles. The molecule has 1 amide bonds. The number of nitrogens with one attached hydrogen (secondary N) is 2. The predicted octanol–water partition coefficient (Wildman–Crippen LogP) is 5.32. The lowest BCUT2D eigenvalue weighted by molar-refractivity contribution is 0.102. The lowest BCUT2D eigenvalue weighted by atomic mass is 9.87. The molecular formula is C23H22F2N2O3S. The van der Waals surface area contributed by atoms with Crippen LogP contribution in [0.5, 0.6) is 0 Å².